The van der Waals surface area contributed by atoms with Gasteiger partial charge in [-0.3, -0.25) is 0 Å². The second kappa shape index (κ2) is 8.03. The van der Waals surface area contributed by atoms with E-state index in [2.05, 4.69) is 53.7 Å². The molecule has 0 spiro atoms. The highest BCUT2D eigenvalue weighted by Crippen LogP contribution is 2.28. The van der Waals surface area contributed by atoms with Crippen molar-refractivity contribution in [2.24, 2.45) is 10.9 Å². The molecule has 0 bridgehead atoms. The zero-order valence-corrected chi connectivity index (χ0v) is 13.4. The molecule has 21 heavy (non-hydrogen) atoms. The van der Waals surface area contributed by atoms with Crippen LogP contribution in [0.15, 0.2) is 29.3 Å². The topological polar surface area (TPSA) is 45.7 Å². The number of aliphatic imine (C=N–C) groups is 1. The van der Waals surface area contributed by atoms with E-state index in [1.54, 1.807) is 0 Å². The smallest absolute Gasteiger partial charge is 0.191 e. The summed E-state index contributed by atoms with van der Waals surface area (Å²) >= 11 is 0. The summed E-state index contributed by atoms with van der Waals surface area (Å²) in [5, 5.41) is 6.77. The Morgan fingerprint density at radius 2 is 1.90 bits per heavy atom. The highest BCUT2D eigenvalue weighted by Gasteiger charge is 2.33. The number of guanidine groups is 1. The molecular formula is C17H27N3O. The van der Waals surface area contributed by atoms with Gasteiger partial charge in [-0.2, -0.15) is 0 Å². The molecule has 0 radical (unpaired) electrons. The monoisotopic (exact) mass is 289 g/mol. The lowest BCUT2D eigenvalue weighted by Crippen LogP contribution is -2.39. The SMILES string of the molecule is CCNC(=NCc1ccc(COCC)cc1)NC1CC1C. The van der Waals surface area contributed by atoms with Crippen molar-refractivity contribution in [2.45, 2.75) is 46.4 Å². The van der Waals surface area contributed by atoms with Gasteiger partial charge in [0.2, 0.25) is 0 Å². The fourth-order valence-electron chi connectivity index (χ4n) is 2.15. The Hall–Kier alpha value is -1.55. The molecule has 0 amide bonds. The first-order chi connectivity index (χ1) is 10.2. The quantitative estimate of drug-likeness (QED) is 0.599. The highest BCUT2D eigenvalue weighted by atomic mass is 16.5. The molecule has 1 aromatic carbocycles. The maximum atomic E-state index is 5.40. The fourth-order valence-corrected chi connectivity index (χ4v) is 2.15. The molecule has 1 saturated carbocycles. The van der Waals surface area contributed by atoms with Crippen LogP contribution in [0.2, 0.25) is 0 Å². The van der Waals surface area contributed by atoms with Crippen molar-refractivity contribution in [3.63, 3.8) is 0 Å². The Kier molecular flexibility index (Phi) is 6.05. The molecule has 0 aromatic heterocycles. The summed E-state index contributed by atoms with van der Waals surface area (Å²) in [7, 11) is 0. The van der Waals surface area contributed by atoms with Crippen molar-refractivity contribution < 1.29 is 4.74 Å². The summed E-state index contributed by atoms with van der Waals surface area (Å²) < 4.78 is 5.40. The number of ether oxygens (including phenoxy) is 1. The third-order valence-corrected chi connectivity index (χ3v) is 3.69. The van der Waals surface area contributed by atoms with E-state index in [1.165, 1.54) is 17.5 Å². The van der Waals surface area contributed by atoms with Crippen LogP contribution in [0.5, 0.6) is 0 Å². The summed E-state index contributed by atoms with van der Waals surface area (Å²) in [5.74, 6) is 1.69. The zero-order valence-electron chi connectivity index (χ0n) is 13.4. The minimum atomic E-state index is 0.594. The van der Waals surface area contributed by atoms with E-state index in [9.17, 15) is 0 Å². The van der Waals surface area contributed by atoms with E-state index in [0.717, 1.165) is 25.0 Å². The lowest BCUT2D eigenvalue weighted by atomic mass is 10.1. The number of hydrogen-bond donors (Lipinski definition) is 2. The molecule has 0 heterocycles. The molecule has 4 nitrogen and oxygen atoms in total. The zero-order chi connectivity index (χ0) is 15.1. The minimum Gasteiger partial charge on any atom is -0.377 e. The fraction of sp³-hybridized carbons (Fsp3) is 0.588. The molecule has 2 N–H and O–H groups in total. The molecule has 1 fully saturated rings. The second-order valence-corrected chi connectivity index (χ2v) is 5.61. The predicted molar refractivity (Wildman–Crippen MR) is 87.3 cm³/mol. The van der Waals surface area contributed by atoms with Gasteiger partial charge in [0, 0.05) is 19.2 Å². The molecule has 2 unspecified atom stereocenters. The first-order valence-electron chi connectivity index (χ1n) is 7.93. The summed E-state index contributed by atoms with van der Waals surface area (Å²) in [6.07, 6.45) is 1.25. The van der Waals surface area contributed by atoms with Gasteiger partial charge < -0.3 is 15.4 Å². The Morgan fingerprint density at radius 3 is 2.48 bits per heavy atom. The van der Waals surface area contributed by atoms with Crippen LogP contribution in [0.25, 0.3) is 0 Å². The molecule has 1 aliphatic carbocycles. The van der Waals surface area contributed by atoms with Gasteiger partial charge in [0.1, 0.15) is 0 Å². The van der Waals surface area contributed by atoms with Crippen LogP contribution in [0.4, 0.5) is 0 Å². The van der Waals surface area contributed by atoms with E-state index in [-0.39, 0.29) is 0 Å². The lowest BCUT2D eigenvalue weighted by molar-refractivity contribution is 0.134. The standard InChI is InChI=1S/C17H27N3O/c1-4-18-17(20-16-10-13(16)3)19-11-14-6-8-15(9-7-14)12-21-5-2/h6-9,13,16H,4-5,10-12H2,1-3H3,(H2,18,19,20). The lowest BCUT2D eigenvalue weighted by Gasteiger charge is -2.10. The van der Waals surface area contributed by atoms with Gasteiger partial charge in [-0.25, -0.2) is 4.99 Å². The average molecular weight is 289 g/mol. The first-order valence-corrected chi connectivity index (χ1v) is 7.93. The van der Waals surface area contributed by atoms with Crippen LogP contribution in [0.1, 0.15) is 38.3 Å². The maximum absolute atomic E-state index is 5.40. The van der Waals surface area contributed by atoms with E-state index in [1.807, 2.05) is 6.92 Å². The van der Waals surface area contributed by atoms with Crippen LogP contribution >= 0.6 is 0 Å². The van der Waals surface area contributed by atoms with E-state index in [4.69, 9.17) is 4.74 Å². The van der Waals surface area contributed by atoms with Crippen molar-refractivity contribution in [2.75, 3.05) is 13.2 Å². The largest absolute Gasteiger partial charge is 0.377 e. The molecule has 116 valence electrons. The summed E-state index contributed by atoms with van der Waals surface area (Å²) in [6, 6.07) is 9.08. The van der Waals surface area contributed by atoms with Gasteiger partial charge in [0.05, 0.1) is 13.2 Å². The number of nitrogens with zero attached hydrogens (tertiary/aromatic N) is 1. The van der Waals surface area contributed by atoms with Crippen LogP contribution in [0.3, 0.4) is 0 Å². The van der Waals surface area contributed by atoms with Gasteiger partial charge in [0.25, 0.3) is 0 Å². The van der Waals surface area contributed by atoms with Gasteiger partial charge in [-0.05, 0) is 37.3 Å². The van der Waals surface area contributed by atoms with Crippen LogP contribution in [-0.2, 0) is 17.9 Å². The Balaban J connectivity index is 1.87. The van der Waals surface area contributed by atoms with E-state index >= 15 is 0 Å². The molecule has 1 aromatic rings. The van der Waals surface area contributed by atoms with Crippen molar-refractivity contribution in [1.82, 2.24) is 10.6 Å². The maximum Gasteiger partial charge on any atom is 0.191 e. The average Bonchev–Trinajstić information content (AvgIpc) is 3.19. The van der Waals surface area contributed by atoms with E-state index in [0.29, 0.717) is 19.2 Å². The second-order valence-electron chi connectivity index (χ2n) is 5.61. The molecule has 4 heteroatoms. The molecule has 2 rings (SSSR count). The number of benzene rings is 1. The Bertz CT molecular complexity index is 456. The van der Waals surface area contributed by atoms with Crippen molar-refractivity contribution in [1.29, 1.82) is 0 Å². The van der Waals surface area contributed by atoms with Crippen molar-refractivity contribution in [3.05, 3.63) is 35.4 Å². The molecule has 2 atom stereocenters. The van der Waals surface area contributed by atoms with E-state index < -0.39 is 0 Å². The van der Waals surface area contributed by atoms with Gasteiger partial charge in [0.15, 0.2) is 5.96 Å². The predicted octanol–water partition coefficient (Wildman–Crippen LogP) is 2.69. The highest BCUT2D eigenvalue weighted by molar-refractivity contribution is 5.80. The third kappa shape index (κ3) is 5.38. The Labute approximate surface area is 128 Å². The number of rotatable bonds is 7. The normalized spacial score (nSPS) is 21.2. The summed E-state index contributed by atoms with van der Waals surface area (Å²) in [6.45, 7) is 9.40. The molecular weight excluding hydrogens is 262 g/mol. The summed E-state index contributed by atoms with van der Waals surface area (Å²) in [5.41, 5.74) is 2.43. The first kappa shape index (κ1) is 15.8. The molecule has 0 saturated heterocycles. The van der Waals surface area contributed by atoms with Crippen LogP contribution in [0, 0.1) is 5.92 Å². The van der Waals surface area contributed by atoms with Gasteiger partial charge in [-0.1, -0.05) is 31.2 Å². The molecule has 1 aliphatic rings. The van der Waals surface area contributed by atoms with Gasteiger partial charge in [-0.15, -0.1) is 0 Å². The van der Waals surface area contributed by atoms with Crippen molar-refractivity contribution >= 4 is 5.96 Å². The van der Waals surface area contributed by atoms with Crippen LogP contribution in [-0.4, -0.2) is 25.2 Å². The summed E-state index contributed by atoms with van der Waals surface area (Å²) in [4.78, 5) is 4.65. The minimum absolute atomic E-state index is 0.594. The number of hydrogen-bond acceptors (Lipinski definition) is 2. The van der Waals surface area contributed by atoms with Gasteiger partial charge >= 0.3 is 0 Å². The number of nitrogens with one attached hydrogen (secondary N) is 2. The Morgan fingerprint density at radius 1 is 1.24 bits per heavy atom. The van der Waals surface area contributed by atoms with Crippen LogP contribution < -0.4 is 10.6 Å². The molecule has 0 aliphatic heterocycles. The third-order valence-electron chi connectivity index (χ3n) is 3.69. The van der Waals surface area contributed by atoms with Crippen molar-refractivity contribution in [3.8, 4) is 0 Å².